The van der Waals surface area contributed by atoms with Gasteiger partial charge in [0.2, 0.25) is 0 Å². The normalized spacial score (nSPS) is 5.00. The highest BCUT2D eigenvalue weighted by Gasteiger charge is 1.29. The van der Waals surface area contributed by atoms with Crippen LogP contribution >= 0.6 is 0 Å². The zero-order valence-electron chi connectivity index (χ0n) is 4.46. The molecule has 0 atom stereocenters. The van der Waals surface area contributed by atoms with Crippen molar-refractivity contribution in [3.8, 4) is 0 Å². The van der Waals surface area contributed by atoms with E-state index in [2.05, 4.69) is 23.4 Å². The molecule has 4 heteroatoms. The van der Waals surface area contributed by atoms with Crippen LogP contribution in [0, 0.1) is 10.8 Å². The Kier molecular flexibility index (Phi) is 21.3. The lowest BCUT2D eigenvalue weighted by Crippen LogP contribution is -1.44. The van der Waals surface area contributed by atoms with E-state index in [4.69, 9.17) is 10.8 Å². The molecule has 0 spiro atoms. The van der Waals surface area contributed by atoms with E-state index in [-0.39, 0.29) is 0 Å². The summed E-state index contributed by atoms with van der Waals surface area (Å²) >= 11 is 0. The minimum atomic E-state index is 0.889. The Labute approximate surface area is 48.0 Å². The molecule has 0 bridgehead atoms. The molecule has 0 rings (SSSR count). The third-order valence-corrected chi connectivity index (χ3v) is 0.183. The lowest BCUT2D eigenvalue weighted by Gasteiger charge is -1.47. The van der Waals surface area contributed by atoms with Gasteiger partial charge in [0.15, 0.2) is 0 Å². The van der Waals surface area contributed by atoms with Crippen molar-refractivity contribution >= 4 is 26.1 Å². The smallest absolute Gasteiger partial charge is 0.106 e. The largest absolute Gasteiger partial charge is 0.290 e. The van der Waals surface area contributed by atoms with Gasteiger partial charge in [-0.15, -0.1) is 0 Å². The monoisotopic (exact) mass is 112 g/mol. The molecular formula is C4H8N4. The average molecular weight is 112 g/mol. The second-order valence-electron chi connectivity index (χ2n) is 0.623. The van der Waals surface area contributed by atoms with Crippen LogP contribution in [0.5, 0.6) is 0 Å². The maximum absolute atomic E-state index is 6.10. The number of rotatable bonds is 2. The van der Waals surface area contributed by atoms with Gasteiger partial charge >= 0.3 is 0 Å². The highest BCUT2D eigenvalue weighted by atomic mass is 14.7. The molecule has 0 aromatic rings. The van der Waals surface area contributed by atoms with E-state index in [0.717, 1.165) is 12.7 Å². The van der Waals surface area contributed by atoms with Gasteiger partial charge in [0, 0.05) is 0 Å². The molecule has 0 aromatic carbocycles. The molecule has 0 saturated heterocycles. The standard InChI is InChI=1S/2C2H4N2/c2*1-4-2-3/h2*2-3H,1H2. The summed E-state index contributed by atoms with van der Waals surface area (Å²) in [5.41, 5.74) is 0. The Balaban J connectivity index is 0. The minimum Gasteiger partial charge on any atom is -0.290 e. The van der Waals surface area contributed by atoms with Crippen molar-refractivity contribution in [3.05, 3.63) is 0 Å². The molecular weight excluding hydrogens is 104 g/mol. The maximum Gasteiger partial charge on any atom is 0.106 e. The molecule has 2 N–H and O–H groups in total. The zero-order valence-corrected chi connectivity index (χ0v) is 4.46. The van der Waals surface area contributed by atoms with E-state index < -0.39 is 0 Å². The predicted molar refractivity (Wildman–Crippen MR) is 36.7 cm³/mol. The van der Waals surface area contributed by atoms with Gasteiger partial charge in [-0.3, -0.25) is 20.8 Å². The third kappa shape index (κ3) is 137. The summed E-state index contributed by atoms with van der Waals surface area (Å²) in [7, 11) is 0. The van der Waals surface area contributed by atoms with E-state index in [1.165, 1.54) is 0 Å². The van der Waals surface area contributed by atoms with Crippen LogP contribution in [0.4, 0.5) is 0 Å². The second kappa shape index (κ2) is 17.3. The van der Waals surface area contributed by atoms with Gasteiger partial charge in [-0.05, 0) is 13.4 Å². The number of aliphatic imine (C=N–C) groups is 2. The predicted octanol–water partition coefficient (Wildman–Crippen LogP) is 0.588. The fourth-order valence-corrected chi connectivity index (χ4v) is 0. The van der Waals surface area contributed by atoms with Gasteiger partial charge in [0.25, 0.3) is 0 Å². The Morgan fingerprint density at radius 3 is 1.12 bits per heavy atom. The maximum atomic E-state index is 6.10. The molecule has 0 aliphatic rings. The molecule has 0 aliphatic heterocycles. The van der Waals surface area contributed by atoms with E-state index >= 15 is 0 Å². The van der Waals surface area contributed by atoms with Gasteiger partial charge in [-0.1, -0.05) is 0 Å². The summed E-state index contributed by atoms with van der Waals surface area (Å²) in [5.74, 6) is 0. The highest BCUT2D eigenvalue weighted by molar-refractivity contribution is 5.58. The van der Waals surface area contributed by atoms with Crippen molar-refractivity contribution in [1.29, 1.82) is 10.8 Å². The first-order valence-corrected chi connectivity index (χ1v) is 1.73. The fraction of sp³-hybridized carbons (Fsp3) is 0. The quantitative estimate of drug-likeness (QED) is 0.387. The number of hydrogen-bond donors (Lipinski definition) is 2. The van der Waals surface area contributed by atoms with E-state index in [0.29, 0.717) is 0 Å². The van der Waals surface area contributed by atoms with Gasteiger partial charge in [0.1, 0.15) is 12.7 Å². The van der Waals surface area contributed by atoms with Crippen molar-refractivity contribution in [1.82, 2.24) is 0 Å². The Hall–Kier alpha value is -1.32. The van der Waals surface area contributed by atoms with Crippen molar-refractivity contribution < 1.29 is 0 Å². The molecule has 0 radical (unpaired) electrons. The molecule has 0 amide bonds. The Bertz CT molecular complexity index is 62.0. The molecule has 0 heterocycles. The first-order valence-electron chi connectivity index (χ1n) is 1.73. The van der Waals surface area contributed by atoms with Crippen LogP contribution in [0.3, 0.4) is 0 Å². The van der Waals surface area contributed by atoms with Gasteiger partial charge < -0.3 is 0 Å². The number of nitrogens with zero attached hydrogens (tertiary/aromatic N) is 2. The van der Waals surface area contributed by atoms with Gasteiger partial charge in [-0.25, -0.2) is 0 Å². The van der Waals surface area contributed by atoms with Crippen LogP contribution in [0.2, 0.25) is 0 Å². The van der Waals surface area contributed by atoms with Crippen LogP contribution in [0.15, 0.2) is 9.98 Å². The summed E-state index contributed by atoms with van der Waals surface area (Å²) < 4.78 is 0. The third-order valence-electron chi connectivity index (χ3n) is 0.183. The Morgan fingerprint density at radius 1 is 1.00 bits per heavy atom. The van der Waals surface area contributed by atoms with Crippen LogP contribution < -0.4 is 0 Å². The minimum absolute atomic E-state index is 0.889. The van der Waals surface area contributed by atoms with Crippen LogP contribution in [0.25, 0.3) is 0 Å². The molecule has 0 fully saturated rings. The fourth-order valence-electron chi connectivity index (χ4n) is 0. The lowest BCUT2D eigenvalue weighted by molar-refractivity contribution is 1.53. The molecule has 0 saturated carbocycles. The first kappa shape index (κ1) is 9.84. The van der Waals surface area contributed by atoms with Crippen molar-refractivity contribution in [2.75, 3.05) is 0 Å². The van der Waals surface area contributed by atoms with Gasteiger partial charge in [-0.2, -0.15) is 0 Å². The van der Waals surface area contributed by atoms with Gasteiger partial charge in [0.05, 0.1) is 0 Å². The van der Waals surface area contributed by atoms with Crippen molar-refractivity contribution in [3.63, 3.8) is 0 Å². The van der Waals surface area contributed by atoms with Crippen LogP contribution in [-0.2, 0) is 0 Å². The first-order chi connectivity index (χ1) is 3.83. The average Bonchev–Trinajstić information content (AvgIpc) is 1.88. The Morgan fingerprint density at radius 2 is 1.12 bits per heavy atom. The summed E-state index contributed by atoms with van der Waals surface area (Å²) in [4.78, 5) is 6.06. The summed E-state index contributed by atoms with van der Waals surface area (Å²) in [5, 5.41) is 12.2. The van der Waals surface area contributed by atoms with Crippen molar-refractivity contribution in [2.45, 2.75) is 0 Å². The van der Waals surface area contributed by atoms with E-state index in [1.807, 2.05) is 0 Å². The molecule has 8 heavy (non-hydrogen) atoms. The lowest BCUT2D eigenvalue weighted by atomic mass is 11.3. The highest BCUT2D eigenvalue weighted by Crippen LogP contribution is 1.33. The molecule has 44 valence electrons. The molecule has 0 aromatic heterocycles. The topological polar surface area (TPSA) is 72.4 Å². The SMILES string of the molecule is C=NC=N.C=NC=N. The molecule has 0 unspecified atom stereocenters. The summed E-state index contributed by atoms with van der Waals surface area (Å²) in [6.07, 6.45) is 1.78. The second-order valence-corrected chi connectivity index (χ2v) is 0.623. The van der Waals surface area contributed by atoms with Crippen LogP contribution in [0.1, 0.15) is 0 Å². The summed E-state index contributed by atoms with van der Waals surface area (Å²) in [6, 6.07) is 0. The van der Waals surface area contributed by atoms with Crippen LogP contribution in [-0.4, -0.2) is 26.1 Å². The summed E-state index contributed by atoms with van der Waals surface area (Å²) in [6.45, 7) is 5.97. The number of nitrogens with one attached hydrogen (secondary N) is 2. The molecule has 4 nitrogen and oxygen atoms in total. The van der Waals surface area contributed by atoms with E-state index in [1.54, 1.807) is 0 Å². The van der Waals surface area contributed by atoms with Crippen molar-refractivity contribution in [2.24, 2.45) is 9.98 Å². The number of hydrogen-bond acceptors (Lipinski definition) is 2. The van der Waals surface area contributed by atoms with E-state index in [9.17, 15) is 0 Å². The zero-order chi connectivity index (χ0) is 6.83. The molecule has 0 aliphatic carbocycles.